The van der Waals surface area contributed by atoms with Crippen LogP contribution in [0.5, 0.6) is 0 Å². The Morgan fingerprint density at radius 3 is 0.864 bits per heavy atom. The molecule has 0 aliphatic carbocycles. The number of aromatic amines is 6. The molecule has 44 nitrogen and oxygen atoms in total. The summed E-state index contributed by atoms with van der Waals surface area (Å²) in [6.45, 7) is 16.2. The van der Waals surface area contributed by atoms with E-state index >= 15 is 0 Å². The molecule has 140 heavy (non-hydrogen) atoms. The molecule has 2 aromatic carbocycles. The van der Waals surface area contributed by atoms with Gasteiger partial charge in [0.2, 0.25) is 47.5 Å². The van der Waals surface area contributed by atoms with Crippen LogP contribution in [0.3, 0.4) is 0 Å². The van der Waals surface area contributed by atoms with Crippen LogP contribution in [-0.4, -0.2) is 281 Å². The molecule has 0 radical (unpaired) electrons. The number of H-pyrrole nitrogens is 6. The summed E-state index contributed by atoms with van der Waals surface area (Å²) in [6.07, 6.45) is 7.17. The summed E-state index contributed by atoms with van der Waals surface area (Å²) in [7, 11) is 0. The maximum absolute atomic E-state index is 12.9. The first-order chi connectivity index (χ1) is 67.0. The number of hydrogen-bond donors (Lipinski definition) is 15. The lowest BCUT2D eigenvalue weighted by atomic mass is 9.91. The topological polar surface area (TPSA) is 655 Å². The molecule has 19 heterocycles. The fraction of sp³-hybridized carbons (Fsp3) is 0.378. The number of aromatic nitrogens is 12. The third-order valence-corrected chi connectivity index (χ3v) is 31.0. The third kappa shape index (κ3) is 22.1. The van der Waals surface area contributed by atoms with Crippen LogP contribution in [0.4, 0.5) is 47.1 Å². The van der Waals surface area contributed by atoms with Gasteiger partial charge in [0.05, 0.1) is 39.0 Å². The third-order valence-electron chi connectivity index (χ3n) is 25.2. The normalized spacial score (nSPS) is 16.8. The lowest BCUT2D eigenvalue weighted by Crippen LogP contribution is -2.49. The number of benzene rings is 2. The van der Waals surface area contributed by atoms with Gasteiger partial charge in [-0.15, -0.1) is 68.0 Å². The molecule has 7 fully saturated rings. The van der Waals surface area contributed by atoms with Crippen molar-refractivity contribution in [2.24, 2.45) is 5.73 Å². The molecule has 7 saturated heterocycles. The van der Waals surface area contributed by atoms with E-state index in [2.05, 4.69) is 99.2 Å². The van der Waals surface area contributed by atoms with E-state index in [1.165, 1.54) is 74.9 Å². The highest BCUT2D eigenvalue weighted by atomic mass is 32.1. The summed E-state index contributed by atoms with van der Waals surface area (Å²) in [6, 6.07) is 20.7. The monoisotopic (exact) mass is 2020 g/mol. The van der Waals surface area contributed by atoms with Crippen molar-refractivity contribution in [3.63, 3.8) is 0 Å². The van der Waals surface area contributed by atoms with E-state index < -0.39 is 5.60 Å². The largest absolute Gasteiger partial charge is 0.390 e. The van der Waals surface area contributed by atoms with E-state index in [-0.39, 0.29) is 134 Å². The van der Waals surface area contributed by atoms with E-state index in [0.29, 0.717) is 205 Å². The van der Waals surface area contributed by atoms with Crippen LogP contribution in [0, 0.1) is 0 Å². The first-order valence-corrected chi connectivity index (χ1v) is 50.3. The quantitative estimate of drug-likeness (QED) is 0.0833. The molecule has 50 heteroatoms. The number of carbonyl (C=O) groups excluding carboxylic acids is 8. The Balaban J connectivity index is 0.000000121. The van der Waals surface area contributed by atoms with Crippen LogP contribution in [0.15, 0.2) is 122 Å². The summed E-state index contributed by atoms with van der Waals surface area (Å²) in [5, 5.41) is 22.8. The molecule has 0 bridgehead atoms. The van der Waals surface area contributed by atoms with Crippen LogP contribution in [0.25, 0.3) is 61.3 Å². The molecule has 21 rings (SSSR count). The molecule has 0 unspecified atom stereocenters. The van der Waals surface area contributed by atoms with Crippen molar-refractivity contribution in [1.82, 2.24) is 99.4 Å². The number of rotatable bonds is 10. The van der Waals surface area contributed by atoms with Crippen molar-refractivity contribution in [3.8, 4) is 0 Å². The van der Waals surface area contributed by atoms with Gasteiger partial charge in [0, 0.05) is 186 Å². The van der Waals surface area contributed by atoms with Gasteiger partial charge in [-0.2, -0.15) is 0 Å². The van der Waals surface area contributed by atoms with Crippen LogP contribution < -0.4 is 88.6 Å². The average molecular weight is 2020 g/mol. The molecule has 22 N–H and O–H groups in total. The molecule has 12 aromatic heterocycles. The van der Waals surface area contributed by atoms with E-state index in [4.69, 9.17) is 40.1 Å². The Morgan fingerprint density at radius 1 is 0.357 bits per heavy atom. The SMILES string of the molecule is CC(=O)NC1CCN(C(=O)c2csc3c(=O)[nH]c(N)nc23)CC1.CC1(N)CCN(C(=O)c2csc3c(=O)[nH]c(N)nc23)CC1.CC1(O)CCN(C(=O)c2csc3c(=O)[nH]c(N)nc23)CC1.Nc1nc2c(C(=O)N3CCC(N4CCCC4=O)CC3)csc2c(=O)[nH]1.Nc1nc2c(C(=O)N3CCN(c4ccccc4)CC3)csc2c(=O)[nH]1.Nc1nc2c(C(=O)N3CCN(c4ccccc4)CC3)csc2c(=O)[nH]1. The van der Waals surface area contributed by atoms with E-state index in [9.17, 15) is 72.2 Å². The number of hydrogen-bond acceptors (Lipinski definition) is 36. The van der Waals surface area contributed by atoms with Crippen molar-refractivity contribution >= 4 is 224 Å². The van der Waals surface area contributed by atoms with Crippen LogP contribution in [0.2, 0.25) is 0 Å². The molecular weight excluding hydrogens is 1920 g/mol. The van der Waals surface area contributed by atoms with Crippen molar-refractivity contribution in [3.05, 3.63) is 188 Å². The van der Waals surface area contributed by atoms with Crippen molar-refractivity contribution in [2.75, 3.05) is 155 Å². The smallest absolute Gasteiger partial charge is 0.270 e. The molecular formula is C90H103N29O15S6. The summed E-state index contributed by atoms with van der Waals surface area (Å²) < 4.78 is 2.50. The number of fused-ring (bicyclic) bond motifs is 6. The van der Waals surface area contributed by atoms with Crippen molar-refractivity contribution < 1.29 is 43.5 Å². The number of nitrogens with one attached hydrogen (secondary N) is 7. The molecule has 0 saturated carbocycles. The number of carbonyl (C=O) groups is 8. The highest BCUT2D eigenvalue weighted by Crippen LogP contribution is 2.34. The van der Waals surface area contributed by atoms with E-state index in [0.717, 1.165) is 76.2 Å². The predicted octanol–water partition coefficient (Wildman–Crippen LogP) is 5.23. The number of nitrogens with two attached hydrogens (primary N) is 7. The molecule has 7 aliphatic rings. The zero-order valence-corrected chi connectivity index (χ0v) is 81.2. The summed E-state index contributed by atoms with van der Waals surface area (Å²) in [5.41, 5.74) is 43.9. The number of aliphatic hydroxyl groups is 1. The highest BCUT2D eigenvalue weighted by Gasteiger charge is 2.38. The van der Waals surface area contributed by atoms with Gasteiger partial charge in [0.1, 0.15) is 61.3 Å². The van der Waals surface area contributed by atoms with Gasteiger partial charge in [-0.3, -0.25) is 97.0 Å². The Hall–Kier alpha value is -14.4. The van der Waals surface area contributed by atoms with Gasteiger partial charge in [-0.1, -0.05) is 36.4 Å². The number of nitrogens with zero attached hydrogens (tertiary/aromatic N) is 15. The van der Waals surface area contributed by atoms with Gasteiger partial charge in [-0.05, 0) is 95.9 Å². The van der Waals surface area contributed by atoms with E-state index in [1.807, 2.05) is 48.2 Å². The Labute approximate surface area is 819 Å². The van der Waals surface area contributed by atoms with Crippen LogP contribution >= 0.6 is 68.0 Å². The number of likely N-dealkylation sites (tertiary alicyclic amines) is 5. The first-order valence-electron chi connectivity index (χ1n) is 45.1. The second kappa shape index (κ2) is 42.1. The van der Waals surface area contributed by atoms with Gasteiger partial charge in [-0.25, -0.2) is 29.9 Å². The Morgan fingerprint density at radius 2 is 0.607 bits per heavy atom. The summed E-state index contributed by atoms with van der Waals surface area (Å²) >= 11 is 7.21. The van der Waals surface area contributed by atoms with Crippen LogP contribution in [-0.2, 0) is 9.59 Å². The molecule has 7 aliphatic heterocycles. The predicted molar refractivity (Wildman–Crippen MR) is 543 cm³/mol. The maximum atomic E-state index is 12.9. The second-order valence-corrected chi connectivity index (χ2v) is 40.4. The zero-order chi connectivity index (χ0) is 99.3. The standard InChI is InChI=1S/2C17H17N5O2S.C16H19N5O3S.C14H17N5O3S.C13H17N5O2S.C13H16N4O3S/c2*18-17-19-13-12(10-25-14(13)15(23)20-17)16(24)22-8-6-21(7-9-22)11-4-2-1-3-5-11;17-16-18-12-10(8-25-13(12)14(23)19-16)15(24)20-6-3-9(4-7-20)21-5-1-2-11(21)22;1-7(20)16-8-2-4-19(5-3-8)13(22)9-6-23-11-10(9)17-14(15)18-12(11)21;1-13(15)2-4-18(5-3-13)11(20)7-6-21-9-8(7)16-12(14)17-10(9)19;1-13(20)2-4-17(5-3-13)11(19)7-6-21-9-8(7)15-12(14)16-10(9)18/h2*1-5,10H,6-9H2,(H3,18,19,20,23);8-9H,1-7H2,(H3,17,18,19,23);6,8H,2-5H2,1H3,(H,16,20)(H3,15,17,18,21);6H,2-5,15H2,1H3,(H3,14,16,17,19);6,20H,2-5H2,1H3,(H3,14,15,16,18). The van der Waals surface area contributed by atoms with Crippen LogP contribution in [0.1, 0.15) is 147 Å². The first kappa shape index (κ1) is 98.6. The minimum atomic E-state index is -0.715. The van der Waals surface area contributed by atoms with Gasteiger partial charge >= 0.3 is 0 Å². The minimum absolute atomic E-state index is 0.000633. The molecule has 14 aromatic rings. The number of thiophene rings is 6. The molecule has 734 valence electrons. The number of piperidine rings is 4. The number of para-hydroxylation sites is 2. The molecule has 0 atom stereocenters. The summed E-state index contributed by atoms with van der Waals surface area (Å²) in [4.78, 5) is 227. The fourth-order valence-electron chi connectivity index (χ4n) is 17.6. The average Bonchev–Trinajstić information content (AvgIpc) is 1.65. The highest BCUT2D eigenvalue weighted by molar-refractivity contribution is 7.19. The van der Waals surface area contributed by atoms with Crippen molar-refractivity contribution in [2.45, 2.75) is 108 Å². The molecule has 0 spiro atoms. The lowest BCUT2D eigenvalue weighted by Gasteiger charge is -2.36. The Bertz CT molecular complexity index is 7120. The Kier molecular flexibility index (Phi) is 29.6. The number of nitrogen functional groups attached to an aromatic ring is 6. The maximum Gasteiger partial charge on any atom is 0.270 e. The van der Waals surface area contributed by atoms with Gasteiger partial charge in [0.25, 0.3) is 68.8 Å². The lowest BCUT2D eigenvalue weighted by molar-refractivity contribution is -0.130. The van der Waals surface area contributed by atoms with Gasteiger partial charge < -0.3 is 94.7 Å². The number of amides is 8. The minimum Gasteiger partial charge on any atom is -0.390 e. The van der Waals surface area contributed by atoms with Crippen molar-refractivity contribution in [1.29, 1.82) is 0 Å². The summed E-state index contributed by atoms with van der Waals surface area (Å²) in [5.74, 6) is -0.519. The van der Waals surface area contributed by atoms with E-state index in [1.54, 1.807) is 68.6 Å². The zero-order valence-electron chi connectivity index (χ0n) is 76.3. The second-order valence-electron chi connectivity index (χ2n) is 35.1. The van der Waals surface area contributed by atoms with Gasteiger partial charge in [0.15, 0.2) is 0 Å². The number of piperazine rings is 2. The number of anilines is 8. The molecule has 8 amide bonds. The fourth-order valence-corrected chi connectivity index (χ4v) is 22.8.